The molecule has 120 valence electrons. The van der Waals surface area contributed by atoms with Crippen LogP contribution in [0.1, 0.15) is 11.5 Å². The monoisotopic (exact) mass is 325 g/mol. The number of hydrogen-bond acceptors (Lipinski definition) is 5. The molecule has 0 aliphatic rings. The lowest BCUT2D eigenvalue weighted by Gasteiger charge is -2.05. The fourth-order valence-electron chi connectivity index (χ4n) is 2.08. The molecule has 0 bridgehead atoms. The highest BCUT2D eigenvalue weighted by atomic mass is 19.4. The van der Waals surface area contributed by atoms with E-state index in [-0.39, 0.29) is 23.4 Å². The fourth-order valence-corrected chi connectivity index (χ4v) is 2.08. The lowest BCUT2D eigenvalue weighted by atomic mass is 10.1. The van der Waals surface area contributed by atoms with Crippen LogP contribution in [0.4, 0.5) is 13.2 Å². The summed E-state index contributed by atoms with van der Waals surface area (Å²) in [4.78, 5) is 21.7. The predicted octanol–water partition coefficient (Wildman–Crippen LogP) is 1.88. The molecule has 0 aliphatic heterocycles. The molecule has 0 atom stereocenters. The number of pyridine rings is 1. The van der Waals surface area contributed by atoms with Crippen molar-refractivity contribution in [2.24, 2.45) is 0 Å². The number of hydrogen-bond donors (Lipinski definition) is 1. The van der Waals surface area contributed by atoms with Crippen LogP contribution in [0.3, 0.4) is 0 Å². The highest BCUT2D eigenvalue weighted by Gasteiger charge is 2.38. The molecule has 3 aromatic rings. The van der Waals surface area contributed by atoms with Crippen LogP contribution in [0.15, 0.2) is 40.3 Å². The molecule has 3 heterocycles. The SMILES string of the molecule is O=c1[nH]ccc(-c2noc(C(F)(F)F)n2)c1CCn1ccnc1. The van der Waals surface area contributed by atoms with E-state index >= 15 is 0 Å². The largest absolute Gasteiger partial charge is 0.471 e. The number of imidazole rings is 1. The first-order chi connectivity index (χ1) is 10.9. The summed E-state index contributed by atoms with van der Waals surface area (Å²) >= 11 is 0. The highest BCUT2D eigenvalue weighted by Crippen LogP contribution is 2.29. The molecule has 3 rings (SSSR count). The van der Waals surface area contributed by atoms with Gasteiger partial charge in [-0.25, -0.2) is 4.98 Å². The Balaban J connectivity index is 1.94. The number of alkyl halides is 3. The van der Waals surface area contributed by atoms with Gasteiger partial charge in [-0.05, 0) is 12.5 Å². The second-order valence-electron chi connectivity index (χ2n) is 4.67. The quantitative estimate of drug-likeness (QED) is 0.791. The molecular formula is C13H10F3N5O2. The minimum absolute atomic E-state index is 0.202. The van der Waals surface area contributed by atoms with E-state index in [9.17, 15) is 18.0 Å². The molecule has 0 spiro atoms. The Bertz CT molecular complexity index is 851. The minimum atomic E-state index is -4.73. The lowest BCUT2D eigenvalue weighted by Crippen LogP contribution is -2.16. The molecule has 1 N–H and O–H groups in total. The maximum atomic E-state index is 12.6. The third kappa shape index (κ3) is 3.15. The maximum Gasteiger partial charge on any atom is 0.471 e. The van der Waals surface area contributed by atoms with Crippen molar-refractivity contribution in [3.05, 3.63) is 52.8 Å². The first kappa shape index (κ1) is 15.0. The van der Waals surface area contributed by atoms with E-state index in [1.165, 1.54) is 12.3 Å². The summed E-state index contributed by atoms with van der Waals surface area (Å²) in [6.07, 6.45) is 1.74. The Morgan fingerprint density at radius 1 is 1.35 bits per heavy atom. The fraction of sp³-hybridized carbons (Fsp3) is 0.231. The van der Waals surface area contributed by atoms with Crippen molar-refractivity contribution >= 4 is 0 Å². The standard InChI is InChI=1S/C13H10F3N5O2/c14-13(15,16)12-19-10(20-23-12)8-1-3-18-11(22)9(8)2-5-21-6-4-17-7-21/h1,3-4,6-7H,2,5H2,(H,18,22). The van der Waals surface area contributed by atoms with Crippen LogP contribution in [-0.4, -0.2) is 24.7 Å². The zero-order valence-corrected chi connectivity index (χ0v) is 11.5. The highest BCUT2D eigenvalue weighted by molar-refractivity contribution is 5.58. The summed E-state index contributed by atoms with van der Waals surface area (Å²) in [7, 11) is 0. The Morgan fingerprint density at radius 2 is 2.17 bits per heavy atom. The molecule has 0 fully saturated rings. The van der Waals surface area contributed by atoms with Gasteiger partial charge in [-0.15, -0.1) is 0 Å². The van der Waals surface area contributed by atoms with Crippen molar-refractivity contribution in [1.29, 1.82) is 0 Å². The molecule has 0 saturated heterocycles. The Labute approximate surface area is 126 Å². The van der Waals surface area contributed by atoms with Crippen LogP contribution >= 0.6 is 0 Å². The number of rotatable bonds is 4. The third-order valence-corrected chi connectivity index (χ3v) is 3.15. The Kier molecular flexibility index (Phi) is 3.72. The van der Waals surface area contributed by atoms with Gasteiger partial charge in [0.1, 0.15) is 0 Å². The summed E-state index contributed by atoms with van der Waals surface area (Å²) in [6.45, 7) is 0.435. The van der Waals surface area contributed by atoms with Gasteiger partial charge in [0.2, 0.25) is 5.82 Å². The number of nitrogens with one attached hydrogen (secondary N) is 1. The number of nitrogens with zero attached hydrogens (tertiary/aromatic N) is 4. The van der Waals surface area contributed by atoms with Gasteiger partial charge in [-0.1, -0.05) is 5.16 Å². The molecule has 10 heteroatoms. The van der Waals surface area contributed by atoms with Gasteiger partial charge in [-0.2, -0.15) is 18.2 Å². The van der Waals surface area contributed by atoms with Crippen LogP contribution < -0.4 is 5.56 Å². The molecule has 7 nitrogen and oxygen atoms in total. The number of H-pyrrole nitrogens is 1. The smallest absolute Gasteiger partial charge is 0.337 e. The number of aromatic nitrogens is 5. The van der Waals surface area contributed by atoms with Crippen molar-refractivity contribution in [2.45, 2.75) is 19.1 Å². The van der Waals surface area contributed by atoms with Gasteiger partial charge in [-0.3, -0.25) is 4.79 Å². The van der Waals surface area contributed by atoms with E-state index in [0.717, 1.165) is 0 Å². The predicted molar refractivity (Wildman–Crippen MR) is 71.3 cm³/mol. The molecule has 0 radical (unpaired) electrons. The maximum absolute atomic E-state index is 12.6. The van der Waals surface area contributed by atoms with E-state index in [1.807, 2.05) is 0 Å². The van der Waals surface area contributed by atoms with Gasteiger partial charge in [0.25, 0.3) is 5.56 Å². The van der Waals surface area contributed by atoms with Gasteiger partial charge >= 0.3 is 12.1 Å². The van der Waals surface area contributed by atoms with Gasteiger partial charge in [0, 0.05) is 36.3 Å². The lowest BCUT2D eigenvalue weighted by molar-refractivity contribution is -0.159. The minimum Gasteiger partial charge on any atom is -0.337 e. The van der Waals surface area contributed by atoms with Crippen molar-refractivity contribution < 1.29 is 17.7 Å². The van der Waals surface area contributed by atoms with E-state index in [2.05, 4.69) is 24.6 Å². The molecule has 23 heavy (non-hydrogen) atoms. The van der Waals surface area contributed by atoms with Crippen molar-refractivity contribution in [2.75, 3.05) is 0 Å². The van der Waals surface area contributed by atoms with Gasteiger partial charge in [0.05, 0.1) is 6.33 Å². The summed E-state index contributed by atoms with van der Waals surface area (Å²) in [5, 5.41) is 3.32. The van der Waals surface area contributed by atoms with E-state index in [4.69, 9.17) is 0 Å². The van der Waals surface area contributed by atoms with Crippen LogP contribution in [0.2, 0.25) is 0 Å². The van der Waals surface area contributed by atoms with Gasteiger partial charge < -0.3 is 14.1 Å². The number of aryl methyl sites for hydroxylation is 1. The van der Waals surface area contributed by atoms with E-state index in [0.29, 0.717) is 6.54 Å². The van der Waals surface area contributed by atoms with E-state index < -0.39 is 17.6 Å². The van der Waals surface area contributed by atoms with Crippen molar-refractivity contribution in [3.63, 3.8) is 0 Å². The van der Waals surface area contributed by atoms with Crippen LogP contribution in [0, 0.1) is 0 Å². The first-order valence-corrected chi connectivity index (χ1v) is 6.53. The van der Waals surface area contributed by atoms with Gasteiger partial charge in [0.15, 0.2) is 0 Å². The zero-order valence-electron chi connectivity index (χ0n) is 11.5. The van der Waals surface area contributed by atoms with Crippen LogP contribution in [0.5, 0.6) is 0 Å². The first-order valence-electron chi connectivity index (χ1n) is 6.53. The molecule has 3 aromatic heterocycles. The van der Waals surface area contributed by atoms with E-state index in [1.54, 1.807) is 23.3 Å². The summed E-state index contributed by atoms with van der Waals surface area (Å²) in [6, 6.07) is 1.44. The Morgan fingerprint density at radius 3 is 2.83 bits per heavy atom. The normalized spacial score (nSPS) is 11.8. The third-order valence-electron chi connectivity index (χ3n) is 3.15. The van der Waals surface area contributed by atoms with Crippen molar-refractivity contribution in [1.82, 2.24) is 24.7 Å². The second kappa shape index (κ2) is 5.71. The summed E-state index contributed by atoms with van der Waals surface area (Å²) in [5.74, 6) is -1.72. The Hall–Kier alpha value is -2.91. The molecule has 0 amide bonds. The zero-order chi connectivity index (χ0) is 16.4. The summed E-state index contributed by atoms with van der Waals surface area (Å²) < 4.78 is 43.6. The molecular weight excluding hydrogens is 315 g/mol. The molecule has 0 saturated carbocycles. The molecule has 0 aliphatic carbocycles. The van der Waals surface area contributed by atoms with Crippen molar-refractivity contribution in [3.8, 4) is 11.4 Å². The topological polar surface area (TPSA) is 89.6 Å². The van der Waals surface area contributed by atoms with Crippen LogP contribution in [-0.2, 0) is 19.1 Å². The number of halogens is 3. The average molecular weight is 325 g/mol. The summed E-state index contributed by atoms with van der Waals surface area (Å²) in [5.41, 5.74) is 0.0600. The average Bonchev–Trinajstić information content (AvgIpc) is 3.17. The van der Waals surface area contributed by atoms with Crippen LogP contribution in [0.25, 0.3) is 11.4 Å². The number of aromatic amines is 1. The molecule has 0 aromatic carbocycles. The molecule has 0 unspecified atom stereocenters. The second-order valence-corrected chi connectivity index (χ2v) is 4.67.